The Hall–Kier alpha value is -2.22. The second-order valence-electron chi connectivity index (χ2n) is 3.25. The molecular formula is C10H8BrN5O2. The predicted octanol–water partition coefficient (Wildman–Crippen LogP) is 1.14. The minimum Gasteiger partial charge on any atom is -0.318 e. The number of hydrogen-bond acceptors (Lipinski definition) is 4. The summed E-state index contributed by atoms with van der Waals surface area (Å²) < 4.78 is 0.881. The van der Waals surface area contributed by atoms with E-state index in [1.807, 2.05) is 0 Å². The number of halogens is 1. The van der Waals surface area contributed by atoms with Gasteiger partial charge in [0.2, 0.25) is 5.95 Å². The van der Waals surface area contributed by atoms with Crippen LogP contribution in [0.3, 0.4) is 0 Å². The van der Waals surface area contributed by atoms with Crippen LogP contribution in [-0.2, 0) is 9.59 Å². The van der Waals surface area contributed by atoms with Crippen molar-refractivity contribution in [1.29, 1.82) is 0 Å². The molecule has 2 rings (SSSR count). The fraction of sp³-hybridized carbons (Fsp3) is 0. The van der Waals surface area contributed by atoms with Crippen LogP contribution in [0.4, 0.5) is 11.6 Å². The summed E-state index contributed by atoms with van der Waals surface area (Å²) in [5.41, 5.74) is 0.524. The van der Waals surface area contributed by atoms with Crippen LogP contribution in [0.15, 0.2) is 35.1 Å². The van der Waals surface area contributed by atoms with Gasteiger partial charge in [-0.2, -0.15) is 10.1 Å². The van der Waals surface area contributed by atoms with E-state index in [1.54, 1.807) is 24.3 Å². The van der Waals surface area contributed by atoms with E-state index >= 15 is 0 Å². The van der Waals surface area contributed by atoms with Gasteiger partial charge in [-0.05, 0) is 24.3 Å². The molecular weight excluding hydrogens is 302 g/mol. The maximum Gasteiger partial charge on any atom is 0.316 e. The van der Waals surface area contributed by atoms with E-state index in [0.29, 0.717) is 5.69 Å². The maximum atomic E-state index is 11.5. The minimum absolute atomic E-state index is 0.117. The molecule has 0 atom stereocenters. The summed E-state index contributed by atoms with van der Waals surface area (Å²) >= 11 is 3.27. The summed E-state index contributed by atoms with van der Waals surface area (Å²) in [5, 5.41) is 10.7. The van der Waals surface area contributed by atoms with Gasteiger partial charge in [0.05, 0.1) is 0 Å². The van der Waals surface area contributed by atoms with Gasteiger partial charge in [-0.25, -0.2) is 5.10 Å². The summed E-state index contributed by atoms with van der Waals surface area (Å²) in [6.45, 7) is 0. The van der Waals surface area contributed by atoms with Crippen molar-refractivity contribution in [1.82, 2.24) is 15.2 Å². The molecule has 0 aliphatic rings. The molecule has 0 unspecified atom stereocenters. The summed E-state index contributed by atoms with van der Waals surface area (Å²) in [7, 11) is 0. The van der Waals surface area contributed by atoms with Gasteiger partial charge in [0.15, 0.2) is 0 Å². The largest absolute Gasteiger partial charge is 0.318 e. The quantitative estimate of drug-likeness (QED) is 0.724. The zero-order valence-electron chi connectivity index (χ0n) is 8.98. The highest BCUT2D eigenvalue weighted by molar-refractivity contribution is 9.10. The molecule has 2 amide bonds. The molecule has 0 radical (unpaired) electrons. The molecule has 0 fully saturated rings. The van der Waals surface area contributed by atoms with Crippen LogP contribution >= 0.6 is 15.9 Å². The number of rotatable bonds is 2. The van der Waals surface area contributed by atoms with Crippen molar-refractivity contribution in [3.05, 3.63) is 35.1 Å². The fourth-order valence-corrected chi connectivity index (χ4v) is 1.42. The van der Waals surface area contributed by atoms with E-state index < -0.39 is 11.8 Å². The Morgan fingerprint density at radius 2 is 1.78 bits per heavy atom. The number of carbonyl (C=O) groups is 2. The second kappa shape index (κ2) is 5.41. The Balaban J connectivity index is 1.95. The van der Waals surface area contributed by atoms with Crippen molar-refractivity contribution in [3.63, 3.8) is 0 Å². The first-order chi connectivity index (χ1) is 8.65. The normalized spacial score (nSPS) is 9.83. The number of aromatic amines is 1. The summed E-state index contributed by atoms with van der Waals surface area (Å²) in [4.78, 5) is 26.7. The van der Waals surface area contributed by atoms with Crippen LogP contribution in [0.25, 0.3) is 0 Å². The molecule has 0 saturated carbocycles. The highest BCUT2D eigenvalue weighted by Crippen LogP contribution is 2.13. The molecule has 7 nitrogen and oxygen atoms in total. The third kappa shape index (κ3) is 3.14. The van der Waals surface area contributed by atoms with E-state index in [-0.39, 0.29) is 5.95 Å². The maximum absolute atomic E-state index is 11.5. The van der Waals surface area contributed by atoms with Gasteiger partial charge in [0.25, 0.3) is 0 Å². The lowest BCUT2D eigenvalue weighted by molar-refractivity contribution is -0.133. The van der Waals surface area contributed by atoms with Gasteiger partial charge in [0, 0.05) is 10.2 Å². The number of H-pyrrole nitrogens is 1. The number of carbonyl (C=O) groups excluding carboxylic acids is 2. The highest BCUT2D eigenvalue weighted by atomic mass is 79.9. The molecule has 1 aromatic heterocycles. The van der Waals surface area contributed by atoms with Crippen LogP contribution in [0.2, 0.25) is 0 Å². The smallest absolute Gasteiger partial charge is 0.316 e. The SMILES string of the molecule is O=C(Nc1ccc(Br)cc1)C(=O)Nc1ncn[nH]1. The average molecular weight is 310 g/mol. The molecule has 0 spiro atoms. The van der Waals surface area contributed by atoms with E-state index in [9.17, 15) is 9.59 Å². The predicted molar refractivity (Wildman–Crippen MR) is 67.8 cm³/mol. The number of amides is 2. The van der Waals surface area contributed by atoms with E-state index in [2.05, 4.69) is 41.7 Å². The van der Waals surface area contributed by atoms with Crippen molar-refractivity contribution < 1.29 is 9.59 Å². The lowest BCUT2D eigenvalue weighted by Crippen LogP contribution is -2.29. The van der Waals surface area contributed by atoms with Gasteiger partial charge in [-0.3, -0.25) is 14.9 Å². The monoisotopic (exact) mass is 309 g/mol. The second-order valence-corrected chi connectivity index (χ2v) is 4.16. The standard InChI is InChI=1S/C10H8BrN5O2/c11-6-1-3-7(4-2-6)14-8(17)9(18)15-10-12-5-13-16-10/h1-5H,(H,14,17)(H2,12,13,15,16,18). The third-order valence-electron chi connectivity index (χ3n) is 1.96. The van der Waals surface area contributed by atoms with Crippen molar-refractivity contribution in [2.24, 2.45) is 0 Å². The molecule has 1 heterocycles. The number of hydrogen-bond donors (Lipinski definition) is 3. The summed E-state index contributed by atoms with van der Waals surface area (Å²) in [6, 6.07) is 6.85. The lowest BCUT2D eigenvalue weighted by atomic mass is 10.3. The van der Waals surface area contributed by atoms with Crippen molar-refractivity contribution >= 4 is 39.4 Å². The number of nitrogens with one attached hydrogen (secondary N) is 3. The minimum atomic E-state index is -0.824. The van der Waals surface area contributed by atoms with Crippen molar-refractivity contribution in [2.75, 3.05) is 10.6 Å². The number of nitrogens with zero attached hydrogens (tertiary/aromatic N) is 2. The van der Waals surface area contributed by atoms with Crippen molar-refractivity contribution in [2.45, 2.75) is 0 Å². The zero-order valence-corrected chi connectivity index (χ0v) is 10.6. The van der Waals surface area contributed by atoms with Gasteiger partial charge >= 0.3 is 11.8 Å². The topological polar surface area (TPSA) is 99.8 Å². The molecule has 0 saturated heterocycles. The molecule has 8 heteroatoms. The molecule has 92 valence electrons. The Morgan fingerprint density at radius 3 is 2.39 bits per heavy atom. The molecule has 18 heavy (non-hydrogen) atoms. The van der Waals surface area contributed by atoms with Gasteiger partial charge in [-0.15, -0.1) is 0 Å². The number of aromatic nitrogens is 3. The van der Waals surface area contributed by atoms with Crippen LogP contribution in [0, 0.1) is 0 Å². The van der Waals surface area contributed by atoms with Gasteiger partial charge < -0.3 is 5.32 Å². The Bertz CT molecular complexity index is 552. The first-order valence-corrected chi connectivity index (χ1v) is 5.68. The van der Waals surface area contributed by atoms with Crippen molar-refractivity contribution in [3.8, 4) is 0 Å². The molecule has 1 aromatic carbocycles. The Kier molecular flexibility index (Phi) is 3.68. The van der Waals surface area contributed by atoms with Crippen LogP contribution in [-0.4, -0.2) is 27.0 Å². The van der Waals surface area contributed by atoms with Crippen LogP contribution in [0.1, 0.15) is 0 Å². The first kappa shape index (κ1) is 12.2. The first-order valence-electron chi connectivity index (χ1n) is 4.88. The van der Waals surface area contributed by atoms with Crippen LogP contribution in [0.5, 0.6) is 0 Å². The highest BCUT2D eigenvalue weighted by Gasteiger charge is 2.14. The summed E-state index contributed by atoms with van der Waals surface area (Å²) in [6.07, 6.45) is 1.22. The van der Waals surface area contributed by atoms with E-state index in [0.717, 1.165) is 4.47 Å². The van der Waals surface area contributed by atoms with Gasteiger partial charge in [-0.1, -0.05) is 15.9 Å². The van der Waals surface area contributed by atoms with E-state index in [4.69, 9.17) is 0 Å². The Labute approximate surface area is 110 Å². The molecule has 0 bridgehead atoms. The van der Waals surface area contributed by atoms with Gasteiger partial charge in [0.1, 0.15) is 6.33 Å². The molecule has 2 aromatic rings. The molecule has 3 N–H and O–H groups in total. The summed E-state index contributed by atoms with van der Waals surface area (Å²) in [5.74, 6) is -1.49. The van der Waals surface area contributed by atoms with Crippen LogP contribution < -0.4 is 10.6 Å². The Morgan fingerprint density at radius 1 is 1.11 bits per heavy atom. The lowest BCUT2D eigenvalue weighted by Gasteiger charge is -2.04. The average Bonchev–Trinajstić information content (AvgIpc) is 2.85. The molecule has 0 aliphatic heterocycles. The zero-order chi connectivity index (χ0) is 13.0. The number of benzene rings is 1. The molecule has 0 aliphatic carbocycles. The number of anilines is 2. The fourth-order valence-electron chi connectivity index (χ4n) is 1.15. The van der Waals surface area contributed by atoms with E-state index in [1.165, 1.54) is 6.33 Å². The third-order valence-corrected chi connectivity index (χ3v) is 2.48.